The van der Waals surface area contributed by atoms with E-state index in [1.165, 1.54) is 0 Å². The number of hydrogen-bond acceptors (Lipinski definition) is 4. The third-order valence-electron chi connectivity index (χ3n) is 3.48. The number of ketones is 1. The fourth-order valence-corrected chi connectivity index (χ4v) is 2.52. The van der Waals surface area contributed by atoms with Gasteiger partial charge in [0.05, 0.1) is 12.2 Å². The van der Waals surface area contributed by atoms with E-state index in [1.54, 1.807) is 55.5 Å². The number of ether oxygens (including phenoxy) is 1. The van der Waals surface area contributed by atoms with Gasteiger partial charge in [-0.15, -0.1) is 0 Å². The van der Waals surface area contributed by atoms with E-state index in [0.29, 0.717) is 11.1 Å². The number of benzene rings is 2. The van der Waals surface area contributed by atoms with Crippen molar-refractivity contribution in [2.45, 2.75) is 6.92 Å². The highest BCUT2D eigenvalue weighted by atomic mass is 79.9. The first-order valence-electron chi connectivity index (χ1n) is 8.11. The van der Waals surface area contributed by atoms with Gasteiger partial charge in [-0.1, -0.05) is 34.1 Å². The minimum atomic E-state index is -0.535. The minimum absolute atomic E-state index is 0.221. The van der Waals surface area contributed by atoms with Gasteiger partial charge in [0, 0.05) is 28.7 Å². The van der Waals surface area contributed by atoms with Crippen LogP contribution in [0.5, 0.6) is 0 Å². The molecular weight excluding hydrogens is 400 g/mol. The Morgan fingerprint density at radius 1 is 0.923 bits per heavy atom. The summed E-state index contributed by atoms with van der Waals surface area (Å²) in [5.74, 6) is -0.607. The third-order valence-corrected chi connectivity index (χ3v) is 4.01. The number of alkyl carbamates (subject to hydrolysis) is 1. The Morgan fingerprint density at radius 3 is 2.19 bits per heavy atom. The monoisotopic (exact) mass is 418 g/mol. The first-order valence-corrected chi connectivity index (χ1v) is 8.90. The lowest BCUT2D eigenvalue weighted by molar-refractivity contribution is 0.0941. The fraction of sp³-hybridized carbons (Fsp3) is 0.211. The van der Waals surface area contributed by atoms with Crippen molar-refractivity contribution in [1.29, 1.82) is 0 Å². The van der Waals surface area contributed by atoms with E-state index < -0.39 is 6.09 Å². The van der Waals surface area contributed by atoms with Gasteiger partial charge in [-0.3, -0.25) is 9.59 Å². The number of hydrogen-bond donors (Lipinski definition) is 2. The maximum atomic E-state index is 12.7. The van der Waals surface area contributed by atoms with Gasteiger partial charge in [-0.05, 0) is 37.3 Å². The lowest BCUT2D eigenvalue weighted by Gasteiger charge is -2.10. The molecule has 2 rings (SSSR count). The summed E-state index contributed by atoms with van der Waals surface area (Å²) < 4.78 is 5.60. The molecule has 7 heteroatoms. The van der Waals surface area contributed by atoms with E-state index >= 15 is 0 Å². The first kappa shape index (κ1) is 19.7. The second kappa shape index (κ2) is 9.72. The van der Waals surface area contributed by atoms with Crippen molar-refractivity contribution in [1.82, 2.24) is 10.6 Å². The maximum absolute atomic E-state index is 12.7. The van der Waals surface area contributed by atoms with Crippen molar-refractivity contribution in [3.8, 4) is 0 Å². The summed E-state index contributed by atoms with van der Waals surface area (Å²) in [5, 5.41) is 5.19. The van der Waals surface area contributed by atoms with Crippen LogP contribution >= 0.6 is 15.9 Å². The number of nitrogens with one attached hydrogen (secondary N) is 2. The number of amides is 2. The molecule has 2 amide bonds. The second-order valence-corrected chi connectivity index (χ2v) is 6.20. The highest BCUT2D eigenvalue weighted by molar-refractivity contribution is 9.10. The van der Waals surface area contributed by atoms with Gasteiger partial charge in [0.2, 0.25) is 0 Å². The van der Waals surface area contributed by atoms with Gasteiger partial charge in [-0.25, -0.2) is 4.79 Å². The fourth-order valence-electron chi connectivity index (χ4n) is 2.25. The van der Waals surface area contributed by atoms with Crippen LogP contribution in [0.25, 0.3) is 0 Å². The molecule has 0 aliphatic heterocycles. The summed E-state index contributed by atoms with van der Waals surface area (Å²) in [6.45, 7) is 2.44. The summed E-state index contributed by atoms with van der Waals surface area (Å²) in [4.78, 5) is 36.3. The summed E-state index contributed by atoms with van der Waals surface area (Å²) in [5.41, 5.74) is 1.11. The lowest BCUT2D eigenvalue weighted by atomic mass is 9.98. The highest BCUT2D eigenvalue weighted by Crippen LogP contribution is 2.17. The quantitative estimate of drug-likeness (QED) is 0.534. The lowest BCUT2D eigenvalue weighted by Crippen LogP contribution is -2.35. The Bertz CT molecular complexity index is 790. The molecule has 26 heavy (non-hydrogen) atoms. The van der Waals surface area contributed by atoms with Crippen LogP contribution in [0.4, 0.5) is 4.79 Å². The molecule has 0 radical (unpaired) electrons. The molecule has 0 unspecified atom stereocenters. The molecule has 0 aliphatic rings. The smallest absolute Gasteiger partial charge is 0.407 e. The van der Waals surface area contributed by atoms with Crippen LogP contribution in [0.2, 0.25) is 0 Å². The summed E-state index contributed by atoms with van der Waals surface area (Å²) in [6, 6.07) is 13.6. The third kappa shape index (κ3) is 5.42. The van der Waals surface area contributed by atoms with Gasteiger partial charge in [0.15, 0.2) is 5.78 Å². The molecule has 0 atom stereocenters. The highest BCUT2D eigenvalue weighted by Gasteiger charge is 2.17. The van der Waals surface area contributed by atoms with E-state index in [4.69, 9.17) is 4.74 Å². The van der Waals surface area contributed by atoms with Crippen LogP contribution in [0.3, 0.4) is 0 Å². The van der Waals surface area contributed by atoms with Gasteiger partial charge in [0.1, 0.15) is 0 Å². The topological polar surface area (TPSA) is 84.5 Å². The van der Waals surface area contributed by atoms with Gasteiger partial charge < -0.3 is 15.4 Å². The van der Waals surface area contributed by atoms with Crippen molar-refractivity contribution in [2.75, 3.05) is 19.7 Å². The van der Waals surface area contributed by atoms with Crippen molar-refractivity contribution >= 4 is 33.7 Å². The molecule has 2 aromatic carbocycles. The van der Waals surface area contributed by atoms with E-state index in [0.717, 1.165) is 4.47 Å². The Hall–Kier alpha value is -2.67. The molecule has 0 saturated carbocycles. The average Bonchev–Trinajstić information content (AvgIpc) is 2.65. The van der Waals surface area contributed by atoms with Gasteiger partial charge >= 0.3 is 6.09 Å². The zero-order chi connectivity index (χ0) is 18.9. The van der Waals surface area contributed by atoms with E-state index in [2.05, 4.69) is 26.6 Å². The van der Waals surface area contributed by atoms with Crippen LogP contribution < -0.4 is 10.6 Å². The number of halogens is 1. The van der Waals surface area contributed by atoms with Crippen molar-refractivity contribution in [3.63, 3.8) is 0 Å². The SMILES string of the molecule is CCOC(=O)NCCNC(=O)c1ccccc1C(=O)c1ccc(Br)cc1. The maximum Gasteiger partial charge on any atom is 0.407 e. The largest absolute Gasteiger partial charge is 0.450 e. The number of rotatable bonds is 7. The zero-order valence-electron chi connectivity index (χ0n) is 14.3. The van der Waals surface area contributed by atoms with Crippen LogP contribution in [-0.2, 0) is 4.74 Å². The van der Waals surface area contributed by atoms with Crippen LogP contribution in [-0.4, -0.2) is 37.5 Å². The molecule has 0 saturated heterocycles. The molecular formula is C19H19BrN2O4. The van der Waals surface area contributed by atoms with Crippen LogP contribution in [0, 0.1) is 0 Å². The standard InChI is InChI=1S/C19H19BrN2O4/c1-2-26-19(25)22-12-11-21-18(24)16-6-4-3-5-15(16)17(23)13-7-9-14(20)10-8-13/h3-10H,2,11-12H2,1H3,(H,21,24)(H,22,25). The second-order valence-electron chi connectivity index (χ2n) is 5.28. The Morgan fingerprint density at radius 2 is 1.54 bits per heavy atom. The van der Waals surface area contributed by atoms with Crippen LogP contribution in [0.15, 0.2) is 53.0 Å². The van der Waals surface area contributed by atoms with Crippen molar-refractivity contribution < 1.29 is 19.1 Å². The molecule has 6 nitrogen and oxygen atoms in total. The normalized spacial score (nSPS) is 10.1. The Labute approximate surface area is 160 Å². The minimum Gasteiger partial charge on any atom is -0.450 e. The molecule has 0 bridgehead atoms. The summed E-state index contributed by atoms with van der Waals surface area (Å²) in [7, 11) is 0. The molecule has 0 aromatic heterocycles. The zero-order valence-corrected chi connectivity index (χ0v) is 15.8. The molecule has 0 aliphatic carbocycles. The number of carbonyl (C=O) groups is 3. The summed E-state index contributed by atoms with van der Waals surface area (Å²) >= 11 is 3.33. The summed E-state index contributed by atoms with van der Waals surface area (Å²) in [6.07, 6.45) is -0.535. The predicted molar refractivity (Wildman–Crippen MR) is 101 cm³/mol. The van der Waals surface area contributed by atoms with Gasteiger partial charge in [0.25, 0.3) is 5.91 Å². The molecule has 0 fully saturated rings. The van der Waals surface area contributed by atoms with E-state index in [1.807, 2.05) is 0 Å². The van der Waals surface area contributed by atoms with Crippen LogP contribution in [0.1, 0.15) is 33.2 Å². The molecule has 2 aromatic rings. The predicted octanol–water partition coefficient (Wildman–Crippen LogP) is 3.16. The van der Waals surface area contributed by atoms with Crippen molar-refractivity contribution in [2.24, 2.45) is 0 Å². The first-order chi connectivity index (χ1) is 12.5. The van der Waals surface area contributed by atoms with E-state index in [9.17, 15) is 14.4 Å². The number of carbonyl (C=O) groups excluding carboxylic acids is 3. The van der Waals surface area contributed by atoms with Gasteiger partial charge in [-0.2, -0.15) is 0 Å². The molecule has 0 heterocycles. The molecule has 0 spiro atoms. The Kier molecular flexibility index (Phi) is 7.35. The molecule has 2 N–H and O–H groups in total. The average molecular weight is 419 g/mol. The molecule has 136 valence electrons. The van der Waals surface area contributed by atoms with E-state index in [-0.39, 0.29) is 37.0 Å². The van der Waals surface area contributed by atoms with Crippen molar-refractivity contribution in [3.05, 3.63) is 69.7 Å². The Balaban J connectivity index is 2.03.